The Labute approximate surface area is 165 Å². The zero-order chi connectivity index (χ0) is 20.2. The Morgan fingerprint density at radius 1 is 1.07 bits per heavy atom. The number of nitrogens with one attached hydrogen (secondary N) is 2. The van der Waals surface area contributed by atoms with E-state index in [1.807, 2.05) is 0 Å². The minimum absolute atomic E-state index is 0.119. The van der Waals surface area contributed by atoms with Crippen molar-refractivity contribution in [3.05, 3.63) is 66.0 Å². The first-order chi connectivity index (χ1) is 13.3. The summed E-state index contributed by atoms with van der Waals surface area (Å²) in [6.45, 7) is 1.92. The molecule has 28 heavy (non-hydrogen) atoms. The van der Waals surface area contributed by atoms with Crippen molar-refractivity contribution in [1.82, 2.24) is 10.0 Å². The van der Waals surface area contributed by atoms with E-state index >= 15 is 0 Å². The van der Waals surface area contributed by atoms with E-state index in [0.717, 1.165) is 31.2 Å². The molecular formula is C21H25FN2O3S. The summed E-state index contributed by atoms with van der Waals surface area (Å²) in [4.78, 5) is 12.7. The normalized spacial score (nSPS) is 17.2. The summed E-state index contributed by atoms with van der Waals surface area (Å²) in [6.07, 6.45) is 3.90. The third kappa shape index (κ3) is 4.59. The summed E-state index contributed by atoms with van der Waals surface area (Å²) in [5.41, 5.74) is 0.769. The number of rotatable bonds is 7. The van der Waals surface area contributed by atoms with Gasteiger partial charge in [-0.15, -0.1) is 0 Å². The fourth-order valence-corrected chi connectivity index (χ4v) is 5.01. The Morgan fingerprint density at radius 3 is 2.29 bits per heavy atom. The molecule has 0 radical (unpaired) electrons. The molecule has 0 aromatic heterocycles. The molecule has 3 rings (SSSR count). The minimum Gasteiger partial charge on any atom is -0.354 e. The monoisotopic (exact) mass is 404 g/mol. The van der Waals surface area contributed by atoms with E-state index in [1.54, 1.807) is 30.3 Å². The lowest BCUT2D eigenvalue weighted by atomic mass is 9.78. The third-order valence-electron chi connectivity index (χ3n) is 5.40. The summed E-state index contributed by atoms with van der Waals surface area (Å²) in [7, 11) is -3.77. The van der Waals surface area contributed by atoms with Gasteiger partial charge in [-0.05, 0) is 49.6 Å². The number of carbonyl (C=O) groups excluding carboxylic acids is 1. The van der Waals surface area contributed by atoms with Crippen LogP contribution in [0.3, 0.4) is 0 Å². The molecule has 1 fully saturated rings. The topological polar surface area (TPSA) is 75.3 Å². The van der Waals surface area contributed by atoms with Crippen molar-refractivity contribution in [3.8, 4) is 0 Å². The molecule has 1 atom stereocenters. The van der Waals surface area contributed by atoms with Crippen molar-refractivity contribution < 1.29 is 17.6 Å². The van der Waals surface area contributed by atoms with Crippen LogP contribution < -0.4 is 10.0 Å². The van der Waals surface area contributed by atoms with E-state index in [0.29, 0.717) is 6.54 Å². The second-order valence-corrected chi connectivity index (χ2v) is 9.08. The summed E-state index contributed by atoms with van der Waals surface area (Å²) >= 11 is 0. The average Bonchev–Trinajstić information content (AvgIpc) is 3.17. The van der Waals surface area contributed by atoms with Gasteiger partial charge in [-0.1, -0.05) is 43.2 Å². The highest BCUT2D eigenvalue weighted by atomic mass is 32.2. The van der Waals surface area contributed by atoms with Crippen molar-refractivity contribution in [1.29, 1.82) is 0 Å². The summed E-state index contributed by atoms with van der Waals surface area (Å²) in [5.74, 6) is -0.669. The first-order valence-electron chi connectivity index (χ1n) is 9.44. The molecule has 0 bridgehead atoms. The molecule has 0 aliphatic heterocycles. The van der Waals surface area contributed by atoms with E-state index in [1.165, 1.54) is 31.2 Å². The lowest BCUT2D eigenvalue weighted by molar-refractivity contribution is -0.122. The molecule has 1 saturated carbocycles. The van der Waals surface area contributed by atoms with E-state index in [4.69, 9.17) is 0 Å². The van der Waals surface area contributed by atoms with Crippen LogP contribution in [0, 0.1) is 5.82 Å². The molecule has 1 aliphatic carbocycles. The number of hydrogen-bond donors (Lipinski definition) is 2. The van der Waals surface area contributed by atoms with E-state index < -0.39 is 16.1 Å². The first kappa shape index (κ1) is 20.5. The van der Waals surface area contributed by atoms with Crippen molar-refractivity contribution in [2.75, 3.05) is 6.54 Å². The van der Waals surface area contributed by atoms with Crippen molar-refractivity contribution in [2.24, 2.45) is 0 Å². The molecule has 2 aromatic carbocycles. The maximum absolute atomic E-state index is 13.3. The second-order valence-electron chi connectivity index (χ2n) is 7.37. The molecule has 2 N–H and O–H groups in total. The molecule has 7 heteroatoms. The lowest BCUT2D eigenvalue weighted by Crippen LogP contribution is -2.48. The number of hydrogen-bond acceptors (Lipinski definition) is 3. The number of halogens is 1. The van der Waals surface area contributed by atoms with Gasteiger partial charge >= 0.3 is 0 Å². The van der Waals surface area contributed by atoms with Crippen LogP contribution in [0.5, 0.6) is 0 Å². The standard InChI is InChI=1S/C21H25FN2O3S/c1-16(24-28(26,27)19-7-3-2-4-8-19)20(25)23-15-21(13-5-6-14-21)17-9-11-18(22)12-10-17/h2-4,7-12,16,24H,5-6,13-15H2,1H3,(H,23,25)/t16-/m0/s1. The highest BCUT2D eigenvalue weighted by molar-refractivity contribution is 7.89. The van der Waals surface area contributed by atoms with Crippen molar-refractivity contribution in [3.63, 3.8) is 0 Å². The van der Waals surface area contributed by atoms with Gasteiger partial charge in [-0.2, -0.15) is 4.72 Å². The maximum atomic E-state index is 13.3. The average molecular weight is 405 g/mol. The maximum Gasteiger partial charge on any atom is 0.241 e. The van der Waals surface area contributed by atoms with E-state index in [-0.39, 0.29) is 22.0 Å². The summed E-state index contributed by atoms with van der Waals surface area (Å²) in [6, 6.07) is 13.5. The highest BCUT2D eigenvalue weighted by Gasteiger charge is 2.36. The summed E-state index contributed by atoms with van der Waals surface area (Å²) in [5, 5.41) is 2.89. The van der Waals surface area contributed by atoms with Gasteiger partial charge < -0.3 is 5.32 Å². The second kappa shape index (κ2) is 8.41. The Bertz CT molecular complexity index is 908. The molecule has 2 aromatic rings. The zero-order valence-corrected chi connectivity index (χ0v) is 16.6. The van der Waals surface area contributed by atoms with Crippen LogP contribution in [-0.2, 0) is 20.2 Å². The Balaban J connectivity index is 1.65. The van der Waals surface area contributed by atoms with Crippen LogP contribution >= 0.6 is 0 Å². The quantitative estimate of drug-likeness (QED) is 0.745. The van der Waals surface area contributed by atoms with Crippen molar-refractivity contribution in [2.45, 2.75) is 49.0 Å². The number of amides is 1. The third-order valence-corrected chi connectivity index (χ3v) is 6.95. The number of sulfonamides is 1. The molecule has 5 nitrogen and oxygen atoms in total. The number of carbonyl (C=O) groups is 1. The van der Waals surface area contributed by atoms with Gasteiger partial charge in [0.15, 0.2) is 0 Å². The first-order valence-corrected chi connectivity index (χ1v) is 10.9. The molecule has 0 unspecified atom stereocenters. The van der Waals surface area contributed by atoms with Crippen LogP contribution in [0.2, 0.25) is 0 Å². The Hall–Kier alpha value is -2.25. The van der Waals surface area contributed by atoms with Crippen LogP contribution in [0.25, 0.3) is 0 Å². The van der Waals surface area contributed by atoms with Gasteiger partial charge in [0.05, 0.1) is 10.9 Å². The predicted molar refractivity (Wildman–Crippen MR) is 106 cm³/mol. The van der Waals surface area contributed by atoms with E-state index in [2.05, 4.69) is 10.0 Å². The smallest absolute Gasteiger partial charge is 0.241 e. The molecule has 0 heterocycles. The molecule has 1 amide bonds. The zero-order valence-electron chi connectivity index (χ0n) is 15.8. The van der Waals surface area contributed by atoms with Crippen LogP contribution in [0.1, 0.15) is 38.2 Å². The molecule has 0 saturated heterocycles. The minimum atomic E-state index is -3.77. The van der Waals surface area contributed by atoms with Gasteiger partial charge in [-0.25, -0.2) is 12.8 Å². The fourth-order valence-electron chi connectivity index (χ4n) is 3.79. The van der Waals surface area contributed by atoms with Gasteiger partial charge in [0.2, 0.25) is 15.9 Å². The van der Waals surface area contributed by atoms with Crippen molar-refractivity contribution >= 4 is 15.9 Å². The Morgan fingerprint density at radius 2 is 1.68 bits per heavy atom. The van der Waals surface area contributed by atoms with Crippen LogP contribution in [-0.4, -0.2) is 26.9 Å². The number of benzene rings is 2. The van der Waals surface area contributed by atoms with Gasteiger partial charge in [-0.3, -0.25) is 4.79 Å². The Kier molecular flexibility index (Phi) is 6.15. The highest BCUT2D eigenvalue weighted by Crippen LogP contribution is 2.40. The predicted octanol–water partition coefficient (Wildman–Crippen LogP) is 3.12. The van der Waals surface area contributed by atoms with Crippen LogP contribution in [0.4, 0.5) is 4.39 Å². The van der Waals surface area contributed by atoms with Gasteiger partial charge in [0, 0.05) is 12.0 Å². The summed E-state index contributed by atoms with van der Waals surface area (Å²) < 4.78 is 40.5. The van der Waals surface area contributed by atoms with Crippen LogP contribution in [0.15, 0.2) is 59.5 Å². The molecule has 0 spiro atoms. The largest absolute Gasteiger partial charge is 0.354 e. The molecule has 150 valence electrons. The molecular weight excluding hydrogens is 379 g/mol. The lowest BCUT2D eigenvalue weighted by Gasteiger charge is -2.30. The SMILES string of the molecule is C[C@H](NS(=O)(=O)c1ccccc1)C(=O)NCC1(c2ccc(F)cc2)CCCC1. The van der Waals surface area contributed by atoms with Gasteiger partial charge in [0.25, 0.3) is 0 Å². The van der Waals surface area contributed by atoms with E-state index in [9.17, 15) is 17.6 Å². The van der Waals surface area contributed by atoms with Gasteiger partial charge in [0.1, 0.15) is 5.82 Å². The fraction of sp³-hybridized carbons (Fsp3) is 0.381. The molecule has 1 aliphatic rings.